The number of amides is 1. The summed E-state index contributed by atoms with van der Waals surface area (Å²) in [5.74, 6) is 0.567. The van der Waals surface area contributed by atoms with Gasteiger partial charge < -0.3 is 14.8 Å². The van der Waals surface area contributed by atoms with E-state index in [1.807, 2.05) is 44.2 Å². The van der Waals surface area contributed by atoms with Crippen molar-refractivity contribution in [2.45, 2.75) is 45.3 Å². The van der Waals surface area contributed by atoms with Gasteiger partial charge in [-0.1, -0.05) is 29.5 Å². The van der Waals surface area contributed by atoms with Gasteiger partial charge in [-0.25, -0.2) is 4.79 Å². The number of nitrogens with one attached hydrogen (secondary N) is 1. The fourth-order valence-corrected chi connectivity index (χ4v) is 4.85. The molecule has 3 aromatic rings. The van der Waals surface area contributed by atoms with Crippen molar-refractivity contribution in [1.82, 2.24) is 15.5 Å². The summed E-state index contributed by atoms with van der Waals surface area (Å²) in [5.41, 5.74) is 4.61. The van der Waals surface area contributed by atoms with E-state index in [0.717, 1.165) is 46.0 Å². The Kier molecular flexibility index (Phi) is 6.37. The molecule has 1 heterocycles. The Hall–Kier alpha value is -3.44. The first-order valence-electron chi connectivity index (χ1n) is 10.5. The molecule has 8 heteroatoms. The molecule has 7 nitrogen and oxygen atoms in total. The molecule has 1 aliphatic rings. The van der Waals surface area contributed by atoms with Crippen molar-refractivity contribution >= 4 is 17.4 Å². The highest BCUT2D eigenvalue weighted by atomic mass is 32.1. The smallest absolute Gasteiger partial charge is 0.407 e. The zero-order valence-electron chi connectivity index (χ0n) is 18.2. The number of methoxy groups -OCH3 is 1. The molecule has 164 valence electrons. The fraction of sp³-hybridized carbons (Fsp3) is 0.333. The molecule has 0 saturated carbocycles. The van der Waals surface area contributed by atoms with Crippen LogP contribution in [0.5, 0.6) is 5.75 Å². The van der Waals surface area contributed by atoms with Gasteiger partial charge in [0.25, 0.3) is 0 Å². The number of rotatable bonds is 5. The Labute approximate surface area is 191 Å². The number of nitrogens with zero attached hydrogens (tertiary/aromatic N) is 3. The van der Waals surface area contributed by atoms with Gasteiger partial charge in [-0.2, -0.15) is 5.26 Å². The minimum absolute atomic E-state index is 0.0113. The van der Waals surface area contributed by atoms with Gasteiger partial charge in [0.05, 0.1) is 24.8 Å². The molecule has 0 spiro atoms. The third kappa shape index (κ3) is 4.43. The molecule has 0 radical (unpaired) electrons. The minimum Gasteiger partial charge on any atom is -0.490 e. The van der Waals surface area contributed by atoms with Crippen LogP contribution in [0, 0.1) is 11.3 Å². The topological polar surface area (TPSA) is 97.1 Å². The van der Waals surface area contributed by atoms with Crippen molar-refractivity contribution in [3.8, 4) is 33.0 Å². The summed E-state index contributed by atoms with van der Waals surface area (Å²) in [6.45, 7) is 3.86. The number of nitriles is 1. The number of carbonyl (C=O) groups excluding carboxylic acids is 1. The monoisotopic (exact) mass is 448 g/mol. The molecule has 0 unspecified atom stereocenters. The van der Waals surface area contributed by atoms with E-state index < -0.39 is 6.09 Å². The first-order chi connectivity index (χ1) is 15.5. The number of benzene rings is 2. The Bertz CT molecular complexity index is 1180. The molecule has 0 fully saturated rings. The molecule has 1 amide bonds. The van der Waals surface area contributed by atoms with E-state index >= 15 is 0 Å². The van der Waals surface area contributed by atoms with E-state index in [1.54, 1.807) is 6.07 Å². The summed E-state index contributed by atoms with van der Waals surface area (Å²) < 4.78 is 10.5. The predicted octanol–water partition coefficient (Wildman–Crippen LogP) is 5.26. The van der Waals surface area contributed by atoms with Crippen LogP contribution in [0.4, 0.5) is 4.79 Å². The van der Waals surface area contributed by atoms with Crippen molar-refractivity contribution in [2.24, 2.45) is 0 Å². The van der Waals surface area contributed by atoms with Gasteiger partial charge in [0.2, 0.25) is 0 Å². The van der Waals surface area contributed by atoms with Crippen LogP contribution in [0.1, 0.15) is 49.4 Å². The number of fused-ring (bicyclic) bond motifs is 1. The zero-order chi connectivity index (χ0) is 22.7. The van der Waals surface area contributed by atoms with E-state index in [9.17, 15) is 10.1 Å². The summed E-state index contributed by atoms with van der Waals surface area (Å²) >= 11 is 1.49. The second-order valence-electron chi connectivity index (χ2n) is 7.86. The van der Waals surface area contributed by atoms with Gasteiger partial charge in [0, 0.05) is 11.1 Å². The number of hydrogen-bond donors (Lipinski definition) is 1. The largest absolute Gasteiger partial charge is 0.490 e. The predicted molar refractivity (Wildman–Crippen MR) is 122 cm³/mol. The molecular weight excluding hydrogens is 424 g/mol. The average molecular weight is 449 g/mol. The summed E-state index contributed by atoms with van der Waals surface area (Å²) in [5, 5.41) is 22.8. The molecule has 1 aliphatic carbocycles. The van der Waals surface area contributed by atoms with Crippen molar-refractivity contribution in [3.63, 3.8) is 0 Å². The van der Waals surface area contributed by atoms with Crippen LogP contribution in [-0.4, -0.2) is 29.5 Å². The van der Waals surface area contributed by atoms with E-state index in [1.165, 1.54) is 24.0 Å². The van der Waals surface area contributed by atoms with Gasteiger partial charge >= 0.3 is 6.09 Å². The molecule has 0 aliphatic heterocycles. The first kappa shape index (κ1) is 21.8. The van der Waals surface area contributed by atoms with Crippen LogP contribution in [0.2, 0.25) is 0 Å². The Morgan fingerprint density at radius 2 is 2.06 bits per heavy atom. The third-order valence-electron chi connectivity index (χ3n) is 5.35. The average Bonchev–Trinajstić information content (AvgIpc) is 3.29. The molecule has 1 N–H and O–H groups in total. The van der Waals surface area contributed by atoms with Gasteiger partial charge in [-0.3, -0.25) is 0 Å². The lowest BCUT2D eigenvalue weighted by molar-refractivity contribution is 0.165. The van der Waals surface area contributed by atoms with Crippen LogP contribution in [0.3, 0.4) is 0 Å². The van der Waals surface area contributed by atoms with Crippen molar-refractivity contribution in [3.05, 3.63) is 53.1 Å². The van der Waals surface area contributed by atoms with Crippen molar-refractivity contribution in [1.29, 1.82) is 5.26 Å². The lowest BCUT2D eigenvalue weighted by Crippen LogP contribution is -2.30. The Morgan fingerprint density at radius 3 is 2.81 bits per heavy atom. The van der Waals surface area contributed by atoms with E-state index in [-0.39, 0.29) is 12.1 Å². The van der Waals surface area contributed by atoms with Crippen LogP contribution < -0.4 is 10.1 Å². The Balaban J connectivity index is 1.66. The maximum absolute atomic E-state index is 11.8. The lowest BCUT2D eigenvalue weighted by Gasteiger charge is -2.27. The van der Waals surface area contributed by atoms with Crippen LogP contribution in [-0.2, 0) is 11.2 Å². The van der Waals surface area contributed by atoms with Crippen LogP contribution >= 0.6 is 11.3 Å². The molecular formula is C24H24N4O3S. The summed E-state index contributed by atoms with van der Waals surface area (Å²) in [7, 11) is 1.37. The second-order valence-corrected chi connectivity index (χ2v) is 8.83. The number of hydrogen-bond acceptors (Lipinski definition) is 7. The van der Waals surface area contributed by atoms with Crippen LogP contribution in [0.25, 0.3) is 21.1 Å². The molecule has 1 aromatic heterocycles. The molecule has 0 bridgehead atoms. The number of aromatic nitrogens is 2. The van der Waals surface area contributed by atoms with Crippen molar-refractivity contribution < 1.29 is 14.3 Å². The van der Waals surface area contributed by atoms with Gasteiger partial charge in [0.15, 0.2) is 0 Å². The van der Waals surface area contributed by atoms with Gasteiger partial charge in [0.1, 0.15) is 21.8 Å². The molecule has 0 saturated heterocycles. The van der Waals surface area contributed by atoms with Crippen molar-refractivity contribution in [2.75, 3.05) is 7.11 Å². The highest BCUT2D eigenvalue weighted by Crippen LogP contribution is 2.39. The SMILES string of the molecule is COC(=O)N[C@@H]1CCCc2c(-c3nnc(-c4ccc(OC(C)C)c(C#N)c4)s3)cccc21. The van der Waals surface area contributed by atoms with E-state index in [2.05, 4.69) is 21.6 Å². The highest BCUT2D eigenvalue weighted by Gasteiger charge is 2.25. The maximum atomic E-state index is 11.8. The highest BCUT2D eigenvalue weighted by molar-refractivity contribution is 7.17. The normalized spacial score (nSPS) is 15.0. The zero-order valence-corrected chi connectivity index (χ0v) is 19.0. The lowest BCUT2D eigenvalue weighted by atomic mass is 9.85. The number of carbonyl (C=O) groups is 1. The van der Waals surface area contributed by atoms with E-state index in [4.69, 9.17) is 9.47 Å². The fourth-order valence-electron chi connectivity index (χ4n) is 3.96. The van der Waals surface area contributed by atoms with Crippen LogP contribution in [0.15, 0.2) is 36.4 Å². The standard InChI is InChI=1S/C24H24N4O3S/c1-14(2)31-21-11-10-15(12-16(21)13-25)22-27-28-23(32-22)19-8-4-7-18-17(19)6-5-9-20(18)26-24(29)30-3/h4,7-8,10-12,14,20H,5-6,9H2,1-3H3,(H,26,29)/t20-/m1/s1. The maximum Gasteiger partial charge on any atom is 0.407 e. The Morgan fingerprint density at radius 1 is 1.25 bits per heavy atom. The first-order valence-corrected chi connectivity index (χ1v) is 11.3. The quantitative estimate of drug-likeness (QED) is 0.571. The number of ether oxygens (including phenoxy) is 2. The molecule has 32 heavy (non-hydrogen) atoms. The van der Waals surface area contributed by atoms with Gasteiger partial charge in [-0.05, 0) is 62.4 Å². The van der Waals surface area contributed by atoms with E-state index in [0.29, 0.717) is 11.3 Å². The van der Waals surface area contributed by atoms with Gasteiger partial charge in [-0.15, -0.1) is 10.2 Å². The summed E-state index contributed by atoms with van der Waals surface area (Å²) in [6, 6.07) is 13.7. The molecule has 1 atom stereocenters. The molecule has 4 rings (SSSR count). The molecule has 2 aromatic carbocycles. The number of alkyl carbamates (subject to hydrolysis) is 1. The minimum atomic E-state index is -0.426. The second kappa shape index (κ2) is 9.37. The third-order valence-corrected chi connectivity index (χ3v) is 6.36. The summed E-state index contributed by atoms with van der Waals surface area (Å²) in [6.07, 6.45) is 2.31. The summed E-state index contributed by atoms with van der Waals surface area (Å²) in [4.78, 5) is 11.8.